The van der Waals surface area contributed by atoms with E-state index in [9.17, 15) is 4.79 Å². The van der Waals surface area contributed by atoms with Gasteiger partial charge in [-0.25, -0.2) is 0 Å². The van der Waals surface area contributed by atoms with Crippen LogP contribution in [-0.2, 0) is 6.42 Å². The molecule has 0 fully saturated rings. The van der Waals surface area contributed by atoms with Crippen LogP contribution in [0.3, 0.4) is 0 Å². The summed E-state index contributed by atoms with van der Waals surface area (Å²) in [4.78, 5) is 12.6. The van der Waals surface area contributed by atoms with E-state index in [4.69, 9.17) is 4.74 Å². The highest BCUT2D eigenvalue weighted by Gasteiger charge is 2.21. The van der Waals surface area contributed by atoms with Crippen LogP contribution in [0.1, 0.15) is 41.5 Å². The van der Waals surface area contributed by atoms with E-state index in [1.807, 2.05) is 45.0 Å². The largest absolute Gasteiger partial charge is 0.493 e. The number of hydrogen-bond acceptors (Lipinski definition) is 3. The Morgan fingerprint density at radius 2 is 2.05 bits per heavy atom. The molecule has 0 atom stereocenters. The molecule has 0 aliphatic carbocycles. The van der Waals surface area contributed by atoms with Crippen LogP contribution >= 0.6 is 0 Å². The van der Waals surface area contributed by atoms with E-state index in [1.54, 1.807) is 18.0 Å². The lowest BCUT2D eigenvalue weighted by atomic mass is 10.0. The smallest absolute Gasteiger partial charge is 0.189 e. The minimum Gasteiger partial charge on any atom is -0.493 e. The second-order valence-electron chi connectivity index (χ2n) is 5.13. The van der Waals surface area contributed by atoms with E-state index < -0.39 is 0 Å². The highest BCUT2D eigenvalue weighted by molar-refractivity contribution is 5.98. The van der Waals surface area contributed by atoms with Crippen LogP contribution in [-0.4, -0.2) is 22.7 Å². The molecule has 106 valence electrons. The van der Waals surface area contributed by atoms with E-state index in [-0.39, 0.29) is 11.8 Å². The molecule has 0 unspecified atom stereocenters. The van der Waals surface area contributed by atoms with Gasteiger partial charge in [0.25, 0.3) is 0 Å². The molecule has 1 aromatic carbocycles. The molecule has 1 heterocycles. The van der Waals surface area contributed by atoms with Crippen molar-refractivity contribution < 1.29 is 9.53 Å². The summed E-state index contributed by atoms with van der Waals surface area (Å²) in [7, 11) is 1.56. The van der Waals surface area contributed by atoms with E-state index in [0.717, 1.165) is 11.1 Å². The van der Waals surface area contributed by atoms with Gasteiger partial charge in [0.2, 0.25) is 0 Å². The molecule has 0 aliphatic heterocycles. The summed E-state index contributed by atoms with van der Waals surface area (Å²) in [6, 6.07) is 8.04. The van der Waals surface area contributed by atoms with Gasteiger partial charge in [-0.1, -0.05) is 24.3 Å². The molecule has 4 heteroatoms. The first kappa shape index (κ1) is 14.3. The minimum absolute atomic E-state index is 0.0300. The van der Waals surface area contributed by atoms with E-state index in [2.05, 4.69) is 5.10 Å². The molecule has 0 bridgehead atoms. The van der Waals surface area contributed by atoms with Crippen LogP contribution in [0.2, 0.25) is 0 Å². The number of aryl methyl sites for hydroxylation is 1. The zero-order chi connectivity index (χ0) is 14.7. The van der Waals surface area contributed by atoms with Crippen molar-refractivity contribution in [2.24, 2.45) is 0 Å². The molecule has 0 saturated heterocycles. The molecule has 2 aromatic rings. The predicted octanol–water partition coefficient (Wildman–Crippen LogP) is 3.21. The lowest BCUT2D eigenvalue weighted by Gasteiger charge is -2.12. The van der Waals surface area contributed by atoms with E-state index >= 15 is 0 Å². The number of aromatic nitrogens is 2. The lowest BCUT2D eigenvalue weighted by molar-refractivity contribution is 0.0977. The van der Waals surface area contributed by atoms with Gasteiger partial charge in [-0.15, -0.1) is 0 Å². The Kier molecular flexibility index (Phi) is 4.23. The molecule has 1 aromatic heterocycles. The molecule has 0 radical (unpaired) electrons. The Balaban J connectivity index is 2.34. The van der Waals surface area contributed by atoms with Gasteiger partial charge in [0.05, 0.1) is 13.3 Å². The van der Waals surface area contributed by atoms with Gasteiger partial charge in [0.1, 0.15) is 5.69 Å². The van der Waals surface area contributed by atoms with Crippen molar-refractivity contribution in [3.63, 3.8) is 0 Å². The molecule has 2 rings (SSSR count). The van der Waals surface area contributed by atoms with Crippen LogP contribution in [0.15, 0.2) is 30.5 Å². The number of rotatable bonds is 5. The number of methoxy groups -OCH3 is 1. The third kappa shape index (κ3) is 2.74. The molecule has 0 amide bonds. The molecule has 4 nitrogen and oxygen atoms in total. The van der Waals surface area contributed by atoms with Crippen molar-refractivity contribution in [3.8, 4) is 5.75 Å². The van der Waals surface area contributed by atoms with E-state index in [0.29, 0.717) is 17.9 Å². The summed E-state index contributed by atoms with van der Waals surface area (Å²) in [6.07, 6.45) is 1.96. The third-order valence-electron chi connectivity index (χ3n) is 3.35. The molecule has 0 spiro atoms. The standard InChI is InChI=1S/C16H20N2O2/c1-11(2)18-16(15(20-4)10-17-18)14(19)9-13-8-6-5-7-12(13)3/h5-8,10-11H,9H2,1-4H3. The van der Waals surface area contributed by atoms with Crippen molar-refractivity contribution in [3.05, 3.63) is 47.3 Å². The number of carbonyl (C=O) groups is 1. The van der Waals surface area contributed by atoms with Gasteiger partial charge >= 0.3 is 0 Å². The number of ketones is 1. The predicted molar refractivity (Wildman–Crippen MR) is 78.4 cm³/mol. The number of benzene rings is 1. The third-order valence-corrected chi connectivity index (χ3v) is 3.35. The zero-order valence-electron chi connectivity index (χ0n) is 12.4. The van der Waals surface area contributed by atoms with Crippen LogP contribution < -0.4 is 4.74 Å². The lowest BCUT2D eigenvalue weighted by Crippen LogP contribution is -2.15. The molecular formula is C16H20N2O2. The first-order chi connectivity index (χ1) is 9.54. The maximum Gasteiger partial charge on any atom is 0.189 e. The number of nitrogens with zero attached hydrogens (tertiary/aromatic N) is 2. The fourth-order valence-corrected chi connectivity index (χ4v) is 2.22. The van der Waals surface area contributed by atoms with Gasteiger partial charge in [0.15, 0.2) is 11.5 Å². The number of ether oxygens (including phenoxy) is 1. The van der Waals surface area contributed by atoms with Crippen molar-refractivity contribution in [1.82, 2.24) is 9.78 Å². The molecule has 0 N–H and O–H groups in total. The van der Waals surface area contributed by atoms with Crippen molar-refractivity contribution >= 4 is 5.78 Å². The fraction of sp³-hybridized carbons (Fsp3) is 0.375. The van der Waals surface area contributed by atoms with Gasteiger partial charge in [0, 0.05) is 12.5 Å². The zero-order valence-corrected chi connectivity index (χ0v) is 12.4. The Morgan fingerprint density at radius 1 is 1.35 bits per heavy atom. The van der Waals surface area contributed by atoms with Gasteiger partial charge in [-0.05, 0) is 31.9 Å². The van der Waals surface area contributed by atoms with Gasteiger partial charge in [-0.2, -0.15) is 5.10 Å². The van der Waals surface area contributed by atoms with Crippen molar-refractivity contribution in [1.29, 1.82) is 0 Å². The summed E-state index contributed by atoms with van der Waals surface area (Å²) in [5.74, 6) is 0.569. The van der Waals surface area contributed by atoms with Crippen molar-refractivity contribution in [2.75, 3.05) is 7.11 Å². The summed E-state index contributed by atoms with van der Waals surface area (Å²) < 4.78 is 6.98. The minimum atomic E-state index is 0.0300. The first-order valence-electron chi connectivity index (χ1n) is 6.73. The molecule has 0 aliphatic rings. The maximum atomic E-state index is 12.6. The van der Waals surface area contributed by atoms with Crippen molar-refractivity contribution in [2.45, 2.75) is 33.2 Å². The number of Topliss-reactive ketones (excluding diaryl/α,β-unsaturated/α-hetero) is 1. The summed E-state index contributed by atoms with van der Waals surface area (Å²) in [5.41, 5.74) is 2.71. The summed E-state index contributed by atoms with van der Waals surface area (Å²) in [6.45, 7) is 6.01. The first-order valence-corrected chi connectivity index (χ1v) is 6.73. The van der Waals surface area contributed by atoms with Crippen LogP contribution in [0.5, 0.6) is 5.75 Å². The second-order valence-corrected chi connectivity index (χ2v) is 5.13. The molecule has 20 heavy (non-hydrogen) atoms. The number of hydrogen-bond donors (Lipinski definition) is 0. The average molecular weight is 272 g/mol. The number of carbonyl (C=O) groups excluding carboxylic acids is 1. The quantitative estimate of drug-likeness (QED) is 0.785. The second kappa shape index (κ2) is 5.90. The summed E-state index contributed by atoms with van der Waals surface area (Å²) in [5, 5.41) is 4.24. The monoisotopic (exact) mass is 272 g/mol. The normalized spacial score (nSPS) is 10.8. The van der Waals surface area contributed by atoms with Gasteiger partial charge < -0.3 is 4.74 Å². The van der Waals surface area contributed by atoms with Crippen LogP contribution in [0.4, 0.5) is 0 Å². The Labute approximate surface area is 119 Å². The molecule has 0 saturated carbocycles. The molecular weight excluding hydrogens is 252 g/mol. The Morgan fingerprint density at radius 3 is 2.65 bits per heavy atom. The maximum absolute atomic E-state index is 12.6. The summed E-state index contributed by atoms with van der Waals surface area (Å²) >= 11 is 0. The SMILES string of the molecule is COc1cnn(C(C)C)c1C(=O)Cc1ccccc1C. The van der Waals surface area contributed by atoms with E-state index in [1.165, 1.54) is 0 Å². The van der Waals surface area contributed by atoms with Crippen LogP contribution in [0.25, 0.3) is 0 Å². The Hall–Kier alpha value is -2.10. The highest BCUT2D eigenvalue weighted by atomic mass is 16.5. The highest BCUT2D eigenvalue weighted by Crippen LogP contribution is 2.23. The average Bonchev–Trinajstić information content (AvgIpc) is 2.85. The van der Waals surface area contributed by atoms with Crippen LogP contribution in [0, 0.1) is 6.92 Å². The van der Waals surface area contributed by atoms with Gasteiger partial charge in [-0.3, -0.25) is 9.48 Å². The Bertz CT molecular complexity index is 615. The fourth-order valence-electron chi connectivity index (χ4n) is 2.22. The topological polar surface area (TPSA) is 44.1 Å².